The van der Waals surface area contributed by atoms with Gasteiger partial charge >= 0.3 is 0 Å². The lowest BCUT2D eigenvalue weighted by Crippen LogP contribution is -2.53. The van der Waals surface area contributed by atoms with E-state index in [1.807, 2.05) is 29.2 Å². The van der Waals surface area contributed by atoms with E-state index in [9.17, 15) is 4.79 Å². The number of carbonyl (C=O) groups excluding carboxylic acids is 1. The van der Waals surface area contributed by atoms with Gasteiger partial charge in [0.2, 0.25) is 12.0 Å². The third-order valence-electron chi connectivity index (χ3n) is 5.03. The average Bonchev–Trinajstić information content (AvgIpc) is 3.45. The first-order valence-electron chi connectivity index (χ1n) is 9.52. The highest BCUT2D eigenvalue weighted by Gasteiger charge is 2.32. The van der Waals surface area contributed by atoms with Crippen LogP contribution in [0.4, 0.5) is 0 Å². The van der Waals surface area contributed by atoms with Crippen molar-refractivity contribution in [3.8, 4) is 23.1 Å². The summed E-state index contributed by atoms with van der Waals surface area (Å²) in [5.41, 5.74) is 0. The number of furan rings is 1. The maximum absolute atomic E-state index is 12.8. The smallest absolute Gasteiger partial charge is 0.283 e. The second kappa shape index (κ2) is 7.59. The second-order valence-electron chi connectivity index (χ2n) is 6.94. The summed E-state index contributed by atoms with van der Waals surface area (Å²) in [7, 11) is 0. The van der Waals surface area contributed by atoms with Gasteiger partial charge in [-0.15, -0.1) is 10.2 Å². The summed E-state index contributed by atoms with van der Waals surface area (Å²) in [4.78, 5) is 16.8. The first-order valence-corrected chi connectivity index (χ1v) is 9.52. The van der Waals surface area contributed by atoms with Crippen LogP contribution in [-0.4, -0.2) is 64.8 Å². The Balaban J connectivity index is 1.14. The van der Waals surface area contributed by atoms with Crippen LogP contribution in [0.1, 0.15) is 5.89 Å². The Morgan fingerprint density at radius 1 is 1.03 bits per heavy atom. The molecule has 5 rings (SSSR count). The van der Waals surface area contributed by atoms with Gasteiger partial charge in [0.05, 0.1) is 12.8 Å². The van der Waals surface area contributed by atoms with E-state index in [1.165, 1.54) is 0 Å². The van der Waals surface area contributed by atoms with Crippen LogP contribution < -0.4 is 9.47 Å². The van der Waals surface area contributed by atoms with Gasteiger partial charge in [0, 0.05) is 26.2 Å². The van der Waals surface area contributed by atoms with E-state index in [2.05, 4.69) is 15.1 Å². The summed E-state index contributed by atoms with van der Waals surface area (Å²) < 4.78 is 22.4. The Kier molecular flexibility index (Phi) is 4.65. The molecule has 0 N–H and O–H groups in total. The van der Waals surface area contributed by atoms with Crippen LogP contribution in [0.2, 0.25) is 0 Å². The van der Waals surface area contributed by atoms with Crippen molar-refractivity contribution in [1.29, 1.82) is 0 Å². The summed E-state index contributed by atoms with van der Waals surface area (Å²) in [5, 5.41) is 8.09. The van der Waals surface area contributed by atoms with E-state index in [1.54, 1.807) is 18.4 Å². The van der Waals surface area contributed by atoms with Crippen molar-refractivity contribution in [3.05, 3.63) is 48.6 Å². The number of nitrogens with zero attached hydrogens (tertiary/aromatic N) is 4. The maximum Gasteiger partial charge on any atom is 0.283 e. The Labute approximate surface area is 166 Å². The number of benzene rings is 1. The number of aromatic nitrogens is 2. The number of para-hydroxylation sites is 2. The molecule has 3 aromatic rings. The van der Waals surface area contributed by atoms with Crippen LogP contribution in [0.5, 0.6) is 11.5 Å². The number of carbonyl (C=O) groups is 1. The Morgan fingerprint density at radius 2 is 1.86 bits per heavy atom. The number of hydrogen-bond donors (Lipinski definition) is 0. The standard InChI is InChI=1S/C20H20N4O5/c25-20(17-13-27-14-4-1-2-5-15(14)28-17)24-9-7-23(8-10-24)12-18-21-22-19(29-18)16-6-3-11-26-16/h1-6,11,17H,7-10,12-13H2/t17-/m0/s1. The zero-order valence-corrected chi connectivity index (χ0v) is 15.7. The first-order chi connectivity index (χ1) is 14.3. The number of amides is 1. The van der Waals surface area contributed by atoms with Crippen molar-refractivity contribution in [2.45, 2.75) is 12.6 Å². The molecule has 0 bridgehead atoms. The third kappa shape index (κ3) is 3.68. The Hall–Kier alpha value is -3.33. The van der Waals surface area contributed by atoms with Gasteiger partial charge in [-0.2, -0.15) is 0 Å². The van der Waals surface area contributed by atoms with Gasteiger partial charge < -0.3 is 23.2 Å². The molecule has 1 atom stereocenters. The highest BCUT2D eigenvalue weighted by atomic mass is 16.6. The van der Waals surface area contributed by atoms with Crippen LogP contribution >= 0.6 is 0 Å². The van der Waals surface area contributed by atoms with E-state index in [-0.39, 0.29) is 12.5 Å². The van der Waals surface area contributed by atoms with Crippen molar-refractivity contribution >= 4 is 5.91 Å². The van der Waals surface area contributed by atoms with Crippen LogP contribution in [-0.2, 0) is 11.3 Å². The van der Waals surface area contributed by atoms with Gasteiger partial charge in [-0.1, -0.05) is 12.1 Å². The predicted octanol–water partition coefficient (Wildman–Crippen LogP) is 1.81. The molecule has 9 heteroatoms. The molecule has 0 saturated carbocycles. The van der Waals surface area contributed by atoms with Crippen LogP contribution in [0.3, 0.4) is 0 Å². The van der Waals surface area contributed by atoms with Crippen molar-refractivity contribution in [2.75, 3.05) is 32.8 Å². The summed E-state index contributed by atoms with van der Waals surface area (Å²) >= 11 is 0. The minimum atomic E-state index is -0.608. The molecule has 1 amide bonds. The average molecular weight is 396 g/mol. The molecule has 1 aromatic carbocycles. The highest BCUT2D eigenvalue weighted by molar-refractivity contribution is 5.82. The minimum Gasteiger partial charge on any atom is -0.485 e. The second-order valence-corrected chi connectivity index (χ2v) is 6.94. The van der Waals surface area contributed by atoms with Crippen molar-refractivity contribution in [2.24, 2.45) is 0 Å². The van der Waals surface area contributed by atoms with Crippen molar-refractivity contribution in [1.82, 2.24) is 20.0 Å². The molecule has 4 heterocycles. The molecular weight excluding hydrogens is 376 g/mol. The topological polar surface area (TPSA) is 94.1 Å². The largest absolute Gasteiger partial charge is 0.485 e. The van der Waals surface area contributed by atoms with E-state index in [0.29, 0.717) is 61.8 Å². The lowest BCUT2D eigenvalue weighted by Gasteiger charge is -2.36. The highest BCUT2D eigenvalue weighted by Crippen LogP contribution is 2.31. The number of fused-ring (bicyclic) bond motifs is 1. The normalized spacial score (nSPS) is 19.3. The van der Waals surface area contributed by atoms with Crippen LogP contribution in [0.25, 0.3) is 11.7 Å². The number of rotatable bonds is 4. The third-order valence-corrected chi connectivity index (χ3v) is 5.03. The molecule has 1 fully saturated rings. The van der Waals surface area contributed by atoms with E-state index in [0.717, 1.165) is 0 Å². The molecule has 29 heavy (non-hydrogen) atoms. The Bertz CT molecular complexity index is 978. The fourth-order valence-corrected chi connectivity index (χ4v) is 3.48. The Morgan fingerprint density at radius 3 is 2.66 bits per heavy atom. The predicted molar refractivity (Wildman–Crippen MR) is 100 cm³/mol. The summed E-state index contributed by atoms with van der Waals surface area (Å²) in [5.74, 6) is 2.69. The van der Waals surface area contributed by atoms with Crippen molar-refractivity contribution < 1.29 is 23.1 Å². The fourth-order valence-electron chi connectivity index (χ4n) is 3.48. The molecule has 0 spiro atoms. The molecule has 0 aliphatic carbocycles. The summed E-state index contributed by atoms with van der Waals surface area (Å²) in [6, 6.07) is 10.9. The van der Waals surface area contributed by atoms with Gasteiger partial charge in [0.1, 0.15) is 6.61 Å². The molecule has 9 nitrogen and oxygen atoms in total. The lowest BCUT2D eigenvalue weighted by molar-refractivity contribution is -0.143. The summed E-state index contributed by atoms with van der Waals surface area (Å²) in [6.45, 7) is 3.42. The first kappa shape index (κ1) is 17.7. The van der Waals surface area contributed by atoms with Crippen molar-refractivity contribution in [3.63, 3.8) is 0 Å². The van der Waals surface area contributed by atoms with Gasteiger partial charge in [0.15, 0.2) is 17.3 Å². The molecule has 2 aliphatic rings. The summed E-state index contributed by atoms with van der Waals surface area (Å²) in [6.07, 6.45) is 0.956. The zero-order valence-electron chi connectivity index (χ0n) is 15.7. The molecule has 0 radical (unpaired) electrons. The van der Waals surface area contributed by atoms with Gasteiger partial charge in [-0.3, -0.25) is 9.69 Å². The van der Waals surface area contributed by atoms with Gasteiger partial charge in [-0.05, 0) is 24.3 Å². The SMILES string of the molecule is O=C([C@@H]1COc2ccccc2O1)N1CCN(Cc2nnc(-c3ccco3)o2)CC1. The van der Waals surface area contributed by atoms with Gasteiger partial charge in [0.25, 0.3) is 11.8 Å². The molecule has 2 aromatic heterocycles. The number of hydrogen-bond acceptors (Lipinski definition) is 8. The van der Waals surface area contributed by atoms with E-state index >= 15 is 0 Å². The van der Waals surface area contributed by atoms with Crippen LogP contribution in [0.15, 0.2) is 51.5 Å². The van der Waals surface area contributed by atoms with Crippen LogP contribution in [0, 0.1) is 0 Å². The molecular formula is C20H20N4O5. The maximum atomic E-state index is 12.8. The van der Waals surface area contributed by atoms with Gasteiger partial charge in [-0.25, -0.2) is 0 Å². The fraction of sp³-hybridized carbons (Fsp3) is 0.350. The minimum absolute atomic E-state index is 0.0444. The van der Waals surface area contributed by atoms with E-state index in [4.69, 9.17) is 18.3 Å². The lowest BCUT2D eigenvalue weighted by atomic mass is 10.2. The molecule has 150 valence electrons. The van der Waals surface area contributed by atoms with E-state index < -0.39 is 6.10 Å². The molecule has 0 unspecified atom stereocenters. The quantitative estimate of drug-likeness (QED) is 0.659. The zero-order chi connectivity index (χ0) is 19.6. The monoisotopic (exact) mass is 396 g/mol. The number of piperazine rings is 1. The number of ether oxygens (including phenoxy) is 2. The molecule has 2 aliphatic heterocycles. The molecule has 1 saturated heterocycles.